The van der Waals surface area contributed by atoms with E-state index in [1.54, 1.807) is 75.4 Å². The zero-order valence-electron chi connectivity index (χ0n) is 20.2. The highest BCUT2D eigenvalue weighted by atomic mass is 32.2. The van der Waals surface area contributed by atoms with Gasteiger partial charge in [0.05, 0.1) is 6.04 Å². The van der Waals surface area contributed by atoms with Gasteiger partial charge in [-0.05, 0) is 62.1 Å². The van der Waals surface area contributed by atoms with E-state index in [2.05, 4.69) is 9.71 Å². The fourth-order valence-corrected chi connectivity index (χ4v) is 5.97. The molecule has 0 bridgehead atoms. The molecule has 1 aliphatic heterocycles. The lowest BCUT2D eigenvalue weighted by Gasteiger charge is -2.45. The third-order valence-electron chi connectivity index (χ3n) is 6.83. The molecule has 0 radical (unpaired) electrons. The lowest BCUT2D eigenvalue weighted by molar-refractivity contribution is 0.0393. The maximum absolute atomic E-state index is 14.4. The van der Waals surface area contributed by atoms with E-state index in [4.69, 9.17) is 4.74 Å². The largest absolute Gasteiger partial charge is 0.456 e. The molecule has 3 aromatic rings. The van der Waals surface area contributed by atoms with Crippen molar-refractivity contribution in [3.63, 3.8) is 0 Å². The molecule has 0 saturated carbocycles. The minimum atomic E-state index is -4.17. The van der Waals surface area contributed by atoms with Gasteiger partial charge in [-0.3, -0.25) is 0 Å². The van der Waals surface area contributed by atoms with Gasteiger partial charge >= 0.3 is 6.02 Å². The number of hydrogen-bond acceptors (Lipinski definition) is 5. The summed E-state index contributed by atoms with van der Waals surface area (Å²) in [6.45, 7) is 4.60. The number of nitrogens with one attached hydrogen (secondary N) is 1. The van der Waals surface area contributed by atoms with Crippen LogP contribution in [0.2, 0.25) is 0 Å². The summed E-state index contributed by atoms with van der Waals surface area (Å²) < 4.78 is 63.3. The molecule has 2 N–H and O–H groups in total. The van der Waals surface area contributed by atoms with E-state index in [1.807, 2.05) is 0 Å². The van der Waals surface area contributed by atoms with Crippen molar-refractivity contribution in [1.29, 1.82) is 0 Å². The molecule has 1 aliphatic rings. The van der Waals surface area contributed by atoms with Crippen LogP contribution in [0.5, 0.6) is 0 Å². The second-order valence-electron chi connectivity index (χ2n) is 9.33. The number of benzene rings is 3. The monoisotopic (exact) mass is 514 g/mol. The smallest absolute Gasteiger partial charge is 0.301 e. The molecule has 0 fully saturated rings. The zero-order valence-corrected chi connectivity index (χ0v) is 21.0. The highest BCUT2D eigenvalue weighted by molar-refractivity contribution is 7.91. The van der Waals surface area contributed by atoms with Gasteiger partial charge in [-0.25, -0.2) is 17.2 Å². The quantitative estimate of drug-likeness (QED) is 0.480. The van der Waals surface area contributed by atoms with E-state index >= 15 is 0 Å². The Labute approximate surface area is 209 Å². The fourth-order valence-electron chi connectivity index (χ4n) is 4.39. The minimum Gasteiger partial charge on any atom is -0.456 e. The van der Waals surface area contributed by atoms with Gasteiger partial charge < -0.3 is 15.2 Å². The van der Waals surface area contributed by atoms with Gasteiger partial charge in [-0.1, -0.05) is 54.6 Å². The van der Waals surface area contributed by atoms with Crippen LogP contribution < -0.4 is 5.32 Å². The van der Waals surface area contributed by atoms with Crippen molar-refractivity contribution in [2.24, 2.45) is 4.40 Å². The van der Waals surface area contributed by atoms with Crippen LogP contribution in [0.4, 0.5) is 8.78 Å². The van der Waals surface area contributed by atoms with E-state index in [0.717, 1.165) is 11.1 Å². The number of aliphatic hydroxyl groups is 1. The van der Waals surface area contributed by atoms with Crippen molar-refractivity contribution < 1.29 is 27.0 Å². The number of sulfonamides is 1. The Morgan fingerprint density at radius 3 is 2.08 bits per heavy atom. The number of halogens is 2. The Morgan fingerprint density at radius 1 is 0.944 bits per heavy atom. The van der Waals surface area contributed by atoms with E-state index in [-0.39, 0.29) is 30.4 Å². The molecular formula is C27H28F2N2O4S. The summed E-state index contributed by atoms with van der Waals surface area (Å²) in [5, 5.41) is 12.4. The van der Waals surface area contributed by atoms with E-state index in [9.17, 15) is 22.3 Å². The summed E-state index contributed by atoms with van der Waals surface area (Å²) >= 11 is 0. The van der Waals surface area contributed by atoms with Crippen LogP contribution >= 0.6 is 0 Å². The van der Waals surface area contributed by atoms with Gasteiger partial charge in [0.1, 0.15) is 17.2 Å². The minimum absolute atomic E-state index is 0.117. The van der Waals surface area contributed by atoms with Gasteiger partial charge in [0, 0.05) is 12.2 Å². The molecule has 1 heterocycles. The van der Waals surface area contributed by atoms with Crippen LogP contribution in [0.15, 0.2) is 77.2 Å². The molecule has 36 heavy (non-hydrogen) atoms. The third kappa shape index (κ3) is 4.60. The Bertz CT molecular complexity index is 1370. The molecular weight excluding hydrogens is 486 g/mol. The van der Waals surface area contributed by atoms with Gasteiger partial charge in [-0.2, -0.15) is 0 Å². The number of rotatable bonds is 6. The van der Waals surface area contributed by atoms with E-state index in [0.29, 0.717) is 5.56 Å². The summed E-state index contributed by atoms with van der Waals surface area (Å²) in [7, 11) is -4.17. The highest BCUT2D eigenvalue weighted by Gasteiger charge is 2.58. The summed E-state index contributed by atoms with van der Waals surface area (Å²) in [4.78, 5) is 0. The predicted molar refractivity (Wildman–Crippen MR) is 135 cm³/mol. The maximum Gasteiger partial charge on any atom is 0.301 e. The van der Waals surface area contributed by atoms with Crippen molar-refractivity contribution in [3.8, 4) is 11.1 Å². The SMILES string of the molecule is CC1(C)OC(N[C@@H](CCO)c2ccccc2F)=NS(=O)(=O)C1(C)c1ccc(-c2ccc(F)cc2)cc1. The first kappa shape index (κ1) is 25.8. The lowest BCUT2D eigenvalue weighted by Crippen LogP contribution is -2.58. The van der Waals surface area contributed by atoms with Gasteiger partial charge in [0.15, 0.2) is 4.75 Å². The Morgan fingerprint density at radius 2 is 1.53 bits per heavy atom. The van der Waals surface area contributed by atoms with Crippen LogP contribution in [0, 0.1) is 11.6 Å². The summed E-state index contributed by atoms with van der Waals surface area (Å²) in [5.74, 6) is -0.832. The van der Waals surface area contributed by atoms with Crippen molar-refractivity contribution in [1.82, 2.24) is 5.32 Å². The van der Waals surface area contributed by atoms with Gasteiger partial charge in [-0.15, -0.1) is 4.40 Å². The van der Waals surface area contributed by atoms with Crippen molar-refractivity contribution in [2.75, 3.05) is 6.61 Å². The molecule has 0 saturated heterocycles. The Hall–Kier alpha value is -3.30. The molecule has 0 aromatic heterocycles. The van der Waals surface area contributed by atoms with Crippen molar-refractivity contribution in [2.45, 2.75) is 43.6 Å². The first-order valence-electron chi connectivity index (χ1n) is 11.5. The van der Waals surface area contributed by atoms with Crippen LogP contribution in [0.1, 0.15) is 44.4 Å². The molecule has 1 unspecified atom stereocenters. The standard InChI is InChI=1S/C27H28F2N2O4S/c1-26(2)27(3,20-12-8-18(9-13-20)19-10-14-21(28)15-11-19)36(33,34)31-25(35-26)30-24(16-17-32)22-6-4-5-7-23(22)29/h4-15,24,32H,16-17H2,1-3H3,(H,30,31)/t24-,27?/m0/s1. The number of aliphatic hydroxyl groups excluding tert-OH is 1. The van der Waals surface area contributed by atoms with E-state index < -0.39 is 32.2 Å². The maximum atomic E-state index is 14.4. The number of amidine groups is 1. The molecule has 0 aliphatic carbocycles. The Kier molecular flexibility index (Phi) is 6.90. The van der Waals surface area contributed by atoms with Crippen LogP contribution in [-0.2, 0) is 19.5 Å². The summed E-state index contributed by atoms with van der Waals surface area (Å²) in [6, 6.07) is 18.0. The summed E-state index contributed by atoms with van der Waals surface area (Å²) in [5.41, 5.74) is 1.06. The Balaban J connectivity index is 1.68. The van der Waals surface area contributed by atoms with Crippen molar-refractivity contribution >= 4 is 16.0 Å². The zero-order chi connectivity index (χ0) is 26.1. The molecule has 6 nitrogen and oxygen atoms in total. The molecule has 190 valence electrons. The van der Waals surface area contributed by atoms with Crippen LogP contribution in [-0.4, -0.2) is 31.8 Å². The number of hydrogen-bond donors (Lipinski definition) is 2. The fraction of sp³-hybridized carbons (Fsp3) is 0.296. The number of ether oxygens (including phenoxy) is 1. The van der Waals surface area contributed by atoms with Crippen molar-refractivity contribution in [3.05, 3.63) is 95.6 Å². The second-order valence-corrected chi connectivity index (χ2v) is 11.3. The molecule has 3 aromatic carbocycles. The lowest BCUT2D eigenvalue weighted by atomic mass is 9.84. The molecule has 0 amide bonds. The average molecular weight is 515 g/mol. The van der Waals surface area contributed by atoms with Gasteiger partial charge in [0.2, 0.25) is 0 Å². The first-order chi connectivity index (χ1) is 17.0. The van der Waals surface area contributed by atoms with E-state index in [1.165, 1.54) is 18.2 Å². The topological polar surface area (TPSA) is 88.0 Å². The van der Waals surface area contributed by atoms with Crippen LogP contribution in [0.25, 0.3) is 11.1 Å². The molecule has 9 heteroatoms. The highest BCUT2D eigenvalue weighted by Crippen LogP contribution is 2.46. The molecule has 0 spiro atoms. The third-order valence-corrected chi connectivity index (χ3v) is 8.99. The first-order valence-corrected chi connectivity index (χ1v) is 12.9. The predicted octanol–water partition coefficient (Wildman–Crippen LogP) is 5.05. The molecule has 4 rings (SSSR count). The molecule has 2 atom stereocenters. The number of nitrogens with zero attached hydrogens (tertiary/aromatic N) is 1. The second kappa shape index (κ2) is 9.63. The van der Waals surface area contributed by atoms with Gasteiger partial charge in [0.25, 0.3) is 10.0 Å². The average Bonchev–Trinajstić information content (AvgIpc) is 2.83. The van der Waals surface area contributed by atoms with Crippen LogP contribution in [0.3, 0.4) is 0 Å². The summed E-state index contributed by atoms with van der Waals surface area (Å²) in [6.07, 6.45) is 0.117. The normalized spacial score (nSPS) is 21.2.